The van der Waals surface area contributed by atoms with Gasteiger partial charge in [0.2, 0.25) is 0 Å². The van der Waals surface area contributed by atoms with Gasteiger partial charge in [-0.05, 0) is 51.8 Å². The van der Waals surface area contributed by atoms with E-state index in [9.17, 15) is 0 Å². The Balaban J connectivity index is 1.64. The molecule has 6 nitrogen and oxygen atoms in total. The average molecular weight is 375 g/mol. The van der Waals surface area contributed by atoms with E-state index in [0.717, 1.165) is 38.1 Å². The monoisotopic (exact) mass is 374 g/mol. The third-order valence-electron chi connectivity index (χ3n) is 6.30. The normalized spacial score (nSPS) is 23.2. The molecule has 27 heavy (non-hydrogen) atoms. The highest BCUT2D eigenvalue weighted by atomic mass is 15.3. The first-order valence-electron chi connectivity index (χ1n) is 10.8. The van der Waals surface area contributed by atoms with E-state index in [1.165, 1.54) is 44.1 Å². The van der Waals surface area contributed by atoms with Crippen molar-refractivity contribution in [2.24, 2.45) is 18.0 Å². The molecule has 1 N–H and O–H groups in total. The fourth-order valence-corrected chi connectivity index (χ4v) is 4.73. The highest BCUT2D eigenvalue weighted by molar-refractivity contribution is 5.80. The number of likely N-dealkylation sites (tertiary alicyclic amines) is 1. The summed E-state index contributed by atoms with van der Waals surface area (Å²) in [5.41, 5.74) is 1.35. The van der Waals surface area contributed by atoms with Gasteiger partial charge in [0.05, 0.1) is 12.7 Å². The van der Waals surface area contributed by atoms with Crippen LogP contribution in [0.2, 0.25) is 0 Å². The van der Waals surface area contributed by atoms with Gasteiger partial charge in [-0.15, -0.1) is 0 Å². The number of rotatable bonds is 6. The maximum Gasteiger partial charge on any atom is 0.193 e. The van der Waals surface area contributed by atoms with E-state index in [1.54, 1.807) is 0 Å². The van der Waals surface area contributed by atoms with Crippen LogP contribution in [-0.4, -0.2) is 71.9 Å². The first kappa shape index (κ1) is 20.2. The van der Waals surface area contributed by atoms with Gasteiger partial charge in [0, 0.05) is 44.8 Å². The van der Waals surface area contributed by atoms with Gasteiger partial charge < -0.3 is 15.1 Å². The molecular formula is C21H38N6. The average Bonchev–Trinajstić information content (AvgIpc) is 3.30. The summed E-state index contributed by atoms with van der Waals surface area (Å²) in [4.78, 5) is 9.93. The summed E-state index contributed by atoms with van der Waals surface area (Å²) < 4.78 is 1.91. The number of hydrogen-bond donors (Lipinski definition) is 1. The molecule has 2 aliphatic rings. The molecule has 6 heteroatoms. The Morgan fingerprint density at radius 3 is 2.70 bits per heavy atom. The SMILES string of the molecule is CCNC(=NCC(C1CCCCC1)N(C)C)N1CCC(c2cnn(C)c2)C1. The molecule has 0 bridgehead atoms. The van der Waals surface area contributed by atoms with Crippen LogP contribution in [0.25, 0.3) is 0 Å². The molecule has 152 valence electrons. The number of guanidine groups is 1. The highest BCUT2D eigenvalue weighted by Crippen LogP contribution is 2.29. The van der Waals surface area contributed by atoms with Gasteiger partial charge in [0.15, 0.2) is 5.96 Å². The van der Waals surface area contributed by atoms with Crippen molar-refractivity contribution in [1.82, 2.24) is 24.9 Å². The van der Waals surface area contributed by atoms with Gasteiger partial charge >= 0.3 is 0 Å². The molecule has 2 heterocycles. The molecule has 1 aliphatic heterocycles. The van der Waals surface area contributed by atoms with Crippen LogP contribution in [0.1, 0.15) is 56.9 Å². The van der Waals surface area contributed by atoms with Gasteiger partial charge in [-0.3, -0.25) is 9.67 Å². The van der Waals surface area contributed by atoms with E-state index < -0.39 is 0 Å². The van der Waals surface area contributed by atoms with Gasteiger partial charge in [-0.2, -0.15) is 5.10 Å². The highest BCUT2D eigenvalue weighted by Gasteiger charge is 2.28. The van der Waals surface area contributed by atoms with E-state index in [2.05, 4.69) is 47.4 Å². The first-order chi connectivity index (χ1) is 13.1. The molecule has 1 aromatic heterocycles. The van der Waals surface area contributed by atoms with Crippen molar-refractivity contribution in [1.29, 1.82) is 0 Å². The minimum Gasteiger partial charge on any atom is -0.357 e. The summed E-state index contributed by atoms with van der Waals surface area (Å²) in [7, 11) is 6.43. The largest absolute Gasteiger partial charge is 0.357 e. The van der Waals surface area contributed by atoms with E-state index in [-0.39, 0.29) is 0 Å². The first-order valence-corrected chi connectivity index (χ1v) is 10.8. The Bertz CT molecular complexity index is 602. The molecule has 0 spiro atoms. The Morgan fingerprint density at radius 2 is 2.07 bits per heavy atom. The third-order valence-corrected chi connectivity index (χ3v) is 6.30. The Hall–Kier alpha value is -1.56. The third kappa shape index (κ3) is 5.24. The van der Waals surface area contributed by atoms with Crippen LogP contribution in [-0.2, 0) is 7.05 Å². The van der Waals surface area contributed by atoms with Gasteiger partial charge in [0.25, 0.3) is 0 Å². The number of likely N-dealkylation sites (N-methyl/N-ethyl adjacent to an activating group) is 1. The summed E-state index contributed by atoms with van der Waals surface area (Å²) in [6.45, 7) is 6.08. The number of aromatic nitrogens is 2. The predicted octanol–water partition coefficient (Wildman–Crippen LogP) is 2.69. The van der Waals surface area contributed by atoms with Crippen molar-refractivity contribution < 1.29 is 0 Å². The zero-order valence-corrected chi connectivity index (χ0v) is 17.7. The molecule has 2 unspecified atom stereocenters. The predicted molar refractivity (Wildman–Crippen MR) is 112 cm³/mol. The lowest BCUT2D eigenvalue weighted by Crippen LogP contribution is -2.43. The molecule has 3 rings (SSSR count). The smallest absolute Gasteiger partial charge is 0.193 e. The summed E-state index contributed by atoms with van der Waals surface area (Å²) in [6, 6.07) is 0.552. The summed E-state index contributed by atoms with van der Waals surface area (Å²) in [6.07, 6.45) is 12.3. The van der Waals surface area contributed by atoms with E-state index in [0.29, 0.717) is 12.0 Å². The van der Waals surface area contributed by atoms with E-state index in [1.807, 2.05) is 17.9 Å². The lowest BCUT2D eigenvalue weighted by molar-refractivity contribution is 0.175. The number of aryl methyl sites for hydroxylation is 1. The zero-order valence-electron chi connectivity index (χ0n) is 17.7. The molecule has 1 aliphatic carbocycles. The molecule has 0 aromatic carbocycles. The molecule has 1 saturated carbocycles. The molecule has 0 amide bonds. The van der Waals surface area contributed by atoms with E-state index >= 15 is 0 Å². The topological polar surface area (TPSA) is 48.7 Å². The van der Waals surface area contributed by atoms with Crippen molar-refractivity contribution in [3.05, 3.63) is 18.0 Å². The van der Waals surface area contributed by atoms with Gasteiger partial charge in [-0.1, -0.05) is 19.3 Å². The molecule has 0 radical (unpaired) electrons. The summed E-state index contributed by atoms with van der Waals surface area (Å²) in [5.74, 6) is 2.44. The van der Waals surface area contributed by atoms with Crippen molar-refractivity contribution in [2.45, 2.75) is 57.4 Å². The molecule has 2 atom stereocenters. The lowest BCUT2D eigenvalue weighted by atomic mass is 9.83. The summed E-state index contributed by atoms with van der Waals surface area (Å²) in [5, 5.41) is 7.88. The van der Waals surface area contributed by atoms with E-state index in [4.69, 9.17) is 4.99 Å². The Labute approximate surface area is 165 Å². The zero-order chi connectivity index (χ0) is 19.2. The van der Waals surface area contributed by atoms with Crippen LogP contribution in [0.4, 0.5) is 0 Å². The standard InChI is InChI=1S/C21H38N6/c1-5-22-21(23-14-20(25(2)3)17-9-7-6-8-10-17)27-12-11-18(16-27)19-13-24-26(4)15-19/h13,15,17-18,20H,5-12,14,16H2,1-4H3,(H,22,23). The second-order valence-corrected chi connectivity index (χ2v) is 8.50. The Morgan fingerprint density at radius 1 is 1.30 bits per heavy atom. The van der Waals surface area contributed by atoms with Crippen LogP contribution < -0.4 is 5.32 Å². The maximum atomic E-state index is 5.09. The molecular weight excluding hydrogens is 336 g/mol. The number of nitrogens with zero attached hydrogens (tertiary/aromatic N) is 5. The quantitative estimate of drug-likeness (QED) is 0.614. The van der Waals surface area contributed by atoms with Crippen LogP contribution in [0.15, 0.2) is 17.4 Å². The molecule has 2 fully saturated rings. The fourth-order valence-electron chi connectivity index (χ4n) is 4.73. The van der Waals surface area contributed by atoms with Crippen molar-refractivity contribution in [2.75, 3.05) is 40.3 Å². The van der Waals surface area contributed by atoms with Crippen LogP contribution in [0, 0.1) is 5.92 Å². The van der Waals surface area contributed by atoms with Crippen LogP contribution >= 0.6 is 0 Å². The lowest BCUT2D eigenvalue weighted by Gasteiger charge is -2.34. The number of aliphatic imine (C=N–C) groups is 1. The molecule has 1 aromatic rings. The Kier molecular flexibility index (Phi) is 7.16. The van der Waals surface area contributed by atoms with Crippen molar-refractivity contribution in [3.63, 3.8) is 0 Å². The number of nitrogens with one attached hydrogen (secondary N) is 1. The minimum atomic E-state index is 0.552. The maximum absolute atomic E-state index is 5.09. The number of hydrogen-bond acceptors (Lipinski definition) is 3. The van der Waals surface area contributed by atoms with Crippen molar-refractivity contribution in [3.8, 4) is 0 Å². The minimum absolute atomic E-state index is 0.552. The summed E-state index contributed by atoms with van der Waals surface area (Å²) >= 11 is 0. The van der Waals surface area contributed by atoms with Crippen LogP contribution in [0.3, 0.4) is 0 Å². The fraction of sp³-hybridized carbons (Fsp3) is 0.810. The van der Waals surface area contributed by atoms with Gasteiger partial charge in [0.1, 0.15) is 0 Å². The second kappa shape index (κ2) is 9.58. The van der Waals surface area contributed by atoms with Crippen molar-refractivity contribution >= 4 is 5.96 Å². The second-order valence-electron chi connectivity index (χ2n) is 8.50. The van der Waals surface area contributed by atoms with Gasteiger partial charge in [-0.25, -0.2) is 0 Å². The van der Waals surface area contributed by atoms with Crippen LogP contribution in [0.5, 0.6) is 0 Å². The molecule has 1 saturated heterocycles.